The smallest absolute Gasteiger partial charge is 0.234 e. The van der Waals surface area contributed by atoms with Gasteiger partial charge in [0.1, 0.15) is 0 Å². The number of aryl methyl sites for hydroxylation is 1. The normalized spacial score (nSPS) is 15.2. The van der Waals surface area contributed by atoms with Crippen molar-refractivity contribution in [3.8, 4) is 0 Å². The molecule has 4 nitrogen and oxygen atoms in total. The number of amides is 2. The second kappa shape index (κ2) is 9.60. The van der Waals surface area contributed by atoms with E-state index >= 15 is 0 Å². The molecule has 23 heavy (non-hydrogen) atoms. The van der Waals surface area contributed by atoms with E-state index < -0.39 is 0 Å². The van der Waals surface area contributed by atoms with Crippen LogP contribution in [0.3, 0.4) is 0 Å². The van der Waals surface area contributed by atoms with E-state index in [1.807, 2.05) is 24.3 Å². The van der Waals surface area contributed by atoms with E-state index in [2.05, 4.69) is 17.6 Å². The molecular formula is C18H26N2O2S. The molecule has 1 saturated carbocycles. The highest BCUT2D eigenvalue weighted by Gasteiger charge is 2.15. The molecule has 0 unspecified atom stereocenters. The number of benzene rings is 1. The van der Waals surface area contributed by atoms with Gasteiger partial charge in [-0.05, 0) is 37.0 Å². The largest absolute Gasteiger partial charge is 0.353 e. The number of carbonyl (C=O) groups is 2. The van der Waals surface area contributed by atoms with Crippen molar-refractivity contribution in [2.75, 3.05) is 16.8 Å². The first-order valence-electron chi connectivity index (χ1n) is 8.43. The van der Waals surface area contributed by atoms with Gasteiger partial charge in [0.2, 0.25) is 11.8 Å². The highest BCUT2D eigenvalue weighted by molar-refractivity contribution is 8.00. The highest BCUT2D eigenvalue weighted by Crippen LogP contribution is 2.17. The molecule has 1 aliphatic carbocycles. The molecule has 126 valence electrons. The minimum atomic E-state index is -0.0651. The number of anilines is 1. The van der Waals surface area contributed by atoms with Gasteiger partial charge in [-0.3, -0.25) is 9.59 Å². The summed E-state index contributed by atoms with van der Waals surface area (Å²) in [5.74, 6) is 0.624. The molecule has 1 aromatic carbocycles. The standard InChI is InChI=1S/C18H26N2O2S/c1-2-14-8-10-16(11-9-14)20-18(22)13-23-12-17(21)19-15-6-4-3-5-7-15/h8-11,15H,2-7,12-13H2,1H3,(H,19,21)(H,20,22). The first-order chi connectivity index (χ1) is 11.2. The van der Waals surface area contributed by atoms with Crippen LogP contribution in [0.25, 0.3) is 0 Å². The Balaban J connectivity index is 1.62. The molecule has 1 aromatic rings. The fourth-order valence-electron chi connectivity index (χ4n) is 2.77. The molecule has 0 heterocycles. The predicted molar refractivity (Wildman–Crippen MR) is 96.8 cm³/mol. The monoisotopic (exact) mass is 334 g/mol. The summed E-state index contributed by atoms with van der Waals surface area (Å²) in [6.45, 7) is 2.10. The molecule has 0 radical (unpaired) electrons. The Morgan fingerprint density at radius 3 is 2.35 bits per heavy atom. The predicted octanol–water partition coefficient (Wildman–Crippen LogP) is 3.37. The van der Waals surface area contributed by atoms with Gasteiger partial charge in [-0.1, -0.05) is 38.3 Å². The fourth-order valence-corrected chi connectivity index (χ4v) is 3.40. The second-order valence-corrected chi connectivity index (χ2v) is 6.98. The lowest BCUT2D eigenvalue weighted by Crippen LogP contribution is -2.37. The first kappa shape index (κ1) is 17.9. The molecule has 0 saturated heterocycles. The van der Waals surface area contributed by atoms with Gasteiger partial charge in [-0.2, -0.15) is 0 Å². The lowest BCUT2D eigenvalue weighted by molar-refractivity contribution is -0.119. The molecule has 0 aliphatic heterocycles. The number of hydrogen-bond acceptors (Lipinski definition) is 3. The molecule has 2 rings (SSSR count). The fraction of sp³-hybridized carbons (Fsp3) is 0.556. The third-order valence-corrected chi connectivity index (χ3v) is 5.02. The summed E-state index contributed by atoms with van der Waals surface area (Å²) in [7, 11) is 0. The summed E-state index contributed by atoms with van der Waals surface area (Å²) < 4.78 is 0. The molecular weight excluding hydrogens is 308 g/mol. The Morgan fingerprint density at radius 1 is 1.04 bits per heavy atom. The van der Waals surface area contributed by atoms with Gasteiger partial charge in [0, 0.05) is 11.7 Å². The number of nitrogens with one attached hydrogen (secondary N) is 2. The van der Waals surface area contributed by atoms with E-state index in [9.17, 15) is 9.59 Å². The maximum absolute atomic E-state index is 11.9. The summed E-state index contributed by atoms with van der Waals surface area (Å²) in [4.78, 5) is 23.7. The molecule has 2 N–H and O–H groups in total. The van der Waals surface area contributed by atoms with E-state index in [1.54, 1.807) is 0 Å². The van der Waals surface area contributed by atoms with Gasteiger partial charge in [-0.15, -0.1) is 11.8 Å². The maximum Gasteiger partial charge on any atom is 0.234 e. The van der Waals surface area contributed by atoms with Crippen LogP contribution in [0.15, 0.2) is 24.3 Å². The Hall–Kier alpha value is -1.49. The van der Waals surface area contributed by atoms with Gasteiger partial charge < -0.3 is 10.6 Å². The lowest BCUT2D eigenvalue weighted by atomic mass is 9.95. The summed E-state index contributed by atoms with van der Waals surface area (Å²) in [5, 5.41) is 5.92. The van der Waals surface area contributed by atoms with E-state index in [1.165, 1.54) is 36.6 Å². The van der Waals surface area contributed by atoms with Crippen molar-refractivity contribution >= 4 is 29.3 Å². The van der Waals surface area contributed by atoms with Crippen molar-refractivity contribution in [3.05, 3.63) is 29.8 Å². The van der Waals surface area contributed by atoms with E-state index in [-0.39, 0.29) is 11.8 Å². The maximum atomic E-state index is 11.9. The Morgan fingerprint density at radius 2 is 1.70 bits per heavy atom. The molecule has 2 amide bonds. The van der Waals surface area contributed by atoms with Crippen LogP contribution in [-0.2, 0) is 16.0 Å². The number of rotatable bonds is 7. The first-order valence-corrected chi connectivity index (χ1v) is 9.58. The molecule has 1 fully saturated rings. The van der Waals surface area contributed by atoms with Gasteiger partial charge >= 0.3 is 0 Å². The Kier molecular flexibility index (Phi) is 7.46. The van der Waals surface area contributed by atoms with E-state index in [4.69, 9.17) is 0 Å². The van der Waals surface area contributed by atoms with Crippen LogP contribution in [0, 0.1) is 0 Å². The third-order valence-electron chi connectivity index (χ3n) is 4.08. The quantitative estimate of drug-likeness (QED) is 0.804. The number of thioether (sulfide) groups is 1. The van der Waals surface area contributed by atoms with Crippen molar-refractivity contribution in [2.24, 2.45) is 0 Å². The second-order valence-electron chi connectivity index (χ2n) is 5.99. The van der Waals surface area contributed by atoms with Crippen LogP contribution in [0.4, 0.5) is 5.69 Å². The topological polar surface area (TPSA) is 58.2 Å². The minimum Gasteiger partial charge on any atom is -0.353 e. The van der Waals surface area contributed by atoms with E-state index in [0.29, 0.717) is 17.5 Å². The van der Waals surface area contributed by atoms with Gasteiger partial charge in [0.05, 0.1) is 11.5 Å². The minimum absolute atomic E-state index is 0.0435. The molecule has 0 atom stereocenters. The molecule has 0 aromatic heterocycles. The summed E-state index contributed by atoms with van der Waals surface area (Å²) in [6.07, 6.45) is 6.85. The summed E-state index contributed by atoms with van der Waals surface area (Å²) in [5.41, 5.74) is 2.05. The zero-order valence-electron chi connectivity index (χ0n) is 13.8. The average molecular weight is 334 g/mol. The highest BCUT2D eigenvalue weighted by atomic mass is 32.2. The van der Waals surface area contributed by atoms with Gasteiger partial charge in [0.25, 0.3) is 0 Å². The van der Waals surface area contributed by atoms with Crippen LogP contribution in [0.5, 0.6) is 0 Å². The van der Waals surface area contributed by atoms with Crippen molar-refractivity contribution in [1.82, 2.24) is 5.32 Å². The Bertz CT molecular complexity index is 510. The number of hydrogen-bond donors (Lipinski definition) is 2. The van der Waals surface area contributed by atoms with Crippen LogP contribution < -0.4 is 10.6 Å². The molecule has 0 bridgehead atoms. The van der Waals surface area contributed by atoms with E-state index in [0.717, 1.165) is 24.9 Å². The number of carbonyl (C=O) groups excluding carboxylic acids is 2. The van der Waals surface area contributed by atoms with Crippen LogP contribution in [0.1, 0.15) is 44.6 Å². The van der Waals surface area contributed by atoms with Gasteiger partial charge in [-0.25, -0.2) is 0 Å². The lowest BCUT2D eigenvalue weighted by Gasteiger charge is -2.22. The zero-order chi connectivity index (χ0) is 16.5. The zero-order valence-corrected chi connectivity index (χ0v) is 14.6. The summed E-state index contributed by atoms with van der Waals surface area (Å²) >= 11 is 1.36. The Labute approximate surface area is 142 Å². The van der Waals surface area contributed by atoms with Crippen molar-refractivity contribution in [1.29, 1.82) is 0 Å². The molecule has 1 aliphatic rings. The SMILES string of the molecule is CCc1ccc(NC(=O)CSCC(=O)NC2CCCCC2)cc1. The van der Waals surface area contributed by atoms with Crippen molar-refractivity contribution in [3.63, 3.8) is 0 Å². The summed E-state index contributed by atoms with van der Waals surface area (Å²) in [6, 6.07) is 8.19. The van der Waals surface area contributed by atoms with Crippen molar-refractivity contribution < 1.29 is 9.59 Å². The molecule has 5 heteroatoms. The average Bonchev–Trinajstić information content (AvgIpc) is 2.56. The molecule has 0 spiro atoms. The third kappa shape index (κ3) is 6.65. The van der Waals surface area contributed by atoms with Crippen LogP contribution >= 0.6 is 11.8 Å². The van der Waals surface area contributed by atoms with Crippen LogP contribution in [-0.4, -0.2) is 29.4 Å². The van der Waals surface area contributed by atoms with Crippen LogP contribution in [0.2, 0.25) is 0 Å². The van der Waals surface area contributed by atoms with Crippen molar-refractivity contribution in [2.45, 2.75) is 51.5 Å². The van der Waals surface area contributed by atoms with Gasteiger partial charge in [0.15, 0.2) is 0 Å².